The maximum Gasteiger partial charge on any atom is 0.410 e. The Morgan fingerprint density at radius 3 is 2.47 bits per heavy atom. The molecule has 0 aromatic carbocycles. The third-order valence-electron chi connectivity index (χ3n) is 6.36. The third kappa shape index (κ3) is 5.21. The monoisotopic (exact) mass is 443 g/mol. The van der Waals surface area contributed by atoms with Gasteiger partial charge in [-0.05, 0) is 32.4 Å². The number of anilines is 1. The van der Waals surface area contributed by atoms with E-state index < -0.39 is 5.91 Å². The lowest BCUT2D eigenvalue weighted by Gasteiger charge is -2.30. The largest absolute Gasteiger partial charge is 0.413 e. The lowest BCUT2D eigenvalue weighted by molar-refractivity contribution is -0.758. The van der Waals surface area contributed by atoms with Crippen LogP contribution in [-0.2, 0) is 10.2 Å². The Morgan fingerprint density at radius 2 is 1.84 bits per heavy atom. The van der Waals surface area contributed by atoms with Crippen molar-refractivity contribution in [2.45, 2.75) is 64.8 Å². The molecule has 174 valence electrons. The lowest BCUT2D eigenvalue weighted by Crippen LogP contribution is -2.60. The first-order valence-corrected chi connectivity index (χ1v) is 11.3. The number of likely N-dealkylation sites (tertiary alicyclic amines) is 1. The number of carbonyl (C=O) groups is 2. The van der Waals surface area contributed by atoms with Gasteiger partial charge in [-0.3, -0.25) is 5.32 Å². The molecule has 3 rings (SSSR count). The second-order valence-electron chi connectivity index (χ2n) is 9.78. The van der Waals surface area contributed by atoms with Crippen LogP contribution in [0.25, 0.3) is 0 Å². The summed E-state index contributed by atoms with van der Waals surface area (Å²) in [7, 11) is 0. The van der Waals surface area contributed by atoms with Crippen LogP contribution in [0.1, 0.15) is 70.5 Å². The van der Waals surface area contributed by atoms with Crippen molar-refractivity contribution in [2.75, 3.05) is 31.5 Å². The molecule has 0 bridgehead atoms. The van der Waals surface area contributed by atoms with Crippen LogP contribution < -0.4 is 10.6 Å². The molecule has 1 saturated heterocycles. The van der Waals surface area contributed by atoms with Crippen LogP contribution in [0.15, 0.2) is 28.8 Å². The van der Waals surface area contributed by atoms with E-state index in [-0.39, 0.29) is 33.8 Å². The van der Waals surface area contributed by atoms with Gasteiger partial charge in [0.05, 0.1) is 13.1 Å². The Labute approximate surface area is 189 Å². The summed E-state index contributed by atoms with van der Waals surface area (Å²) in [6, 6.07) is 5.67. The minimum Gasteiger partial charge on any atom is -0.413 e. The molecule has 2 amide bonds. The van der Waals surface area contributed by atoms with E-state index in [1.165, 1.54) is 0 Å². The number of amides is 2. The van der Waals surface area contributed by atoms with Crippen molar-refractivity contribution in [1.82, 2.24) is 20.5 Å². The van der Waals surface area contributed by atoms with Gasteiger partial charge in [-0.2, -0.15) is 4.48 Å². The van der Waals surface area contributed by atoms with Gasteiger partial charge < -0.3 is 9.73 Å². The zero-order valence-electron chi connectivity index (χ0n) is 19.8. The van der Waals surface area contributed by atoms with Crippen LogP contribution in [0.2, 0.25) is 0 Å². The highest BCUT2D eigenvalue weighted by Gasteiger charge is 2.50. The molecule has 0 spiro atoms. The van der Waals surface area contributed by atoms with Gasteiger partial charge in [-0.25, -0.2) is 14.6 Å². The third-order valence-corrected chi connectivity index (χ3v) is 6.36. The van der Waals surface area contributed by atoms with Crippen molar-refractivity contribution in [3.8, 4) is 0 Å². The number of hydrogen-bond donors (Lipinski definition) is 2. The van der Waals surface area contributed by atoms with Gasteiger partial charge in [0.15, 0.2) is 0 Å². The molecule has 1 fully saturated rings. The minimum atomic E-state index is -0.399. The first-order valence-electron chi connectivity index (χ1n) is 11.3. The molecule has 0 radical (unpaired) electrons. The Bertz CT molecular complexity index is 932. The fourth-order valence-electron chi connectivity index (χ4n) is 3.67. The highest BCUT2D eigenvalue weighted by atomic mass is 16.4. The van der Waals surface area contributed by atoms with Crippen molar-refractivity contribution in [3.05, 3.63) is 36.2 Å². The van der Waals surface area contributed by atoms with Gasteiger partial charge in [-0.15, -0.1) is 5.10 Å². The summed E-state index contributed by atoms with van der Waals surface area (Å²) in [5, 5.41) is 14.7. The Hall–Kier alpha value is -2.65. The first kappa shape index (κ1) is 24.0. The van der Waals surface area contributed by atoms with E-state index in [4.69, 9.17) is 4.42 Å². The average molecular weight is 444 g/mol. The van der Waals surface area contributed by atoms with E-state index in [2.05, 4.69) is 25.8 Å². The predicted octanol–water partition coefficient (Wildman–Crippen LogP) is 2.91. The summed E-state index contributed by atoms with van der Waals surface area (Å²) in [5.41, 5.74) is -0.708. The Morgan fingerprint density at radius 1 is 1.12 bits per heavy atom. The predicted molar refractivity (Wildman–Crippen MR) is 121 cm³/mol. The van der Waals surface area contributed by atoms with Gasteiger partial charge in [0.1, 0.15) is 12.4 Å². The molecule has 0 saturated carbocycles. The molecule has 2 aromatic heterocycles. The van der Waals surface area contributed by atoms with E-state index in [1.807, 2.05) is 52.8 Å². The van der Waals surface area contributed by atoms with E-state index in [0.717, 1.165) is 25.1 Å². The molecule has 2 aromatic rings. The smallest absolute Gasteiger partial charge is 0.410 e. The molecule has 3 heterocycles. The number of nitrogens with zero attached hydrogens (tertiary/aromatic N) is 4. The van der Waals surface area contributed by atoms with Crippen LogP contribution in [0.4, 0.5) is 5.82 Å². The van der Waals surface area contributed by atoms with Gasteiger partial charge >= 0.3 is 17.7 Å². The molecule has 1 aliphatic rings. The van der Waals surface area contributed by atoms with Crippen LogP contribution in [0.5, 0.6) is 0 Å². The number of quaternary nitrogens is 1. The van der Waals surface area contributed by atoms with E-state index in [9.17, 15) is 9.59 Å². The van der Waals surface area contributed by atoms with Crippen molar-refractivity contribution in [2.24, 2.45) is 0 Å². The standard InChI is InChI=1S/C23H35N6O3/c1-6-22(2,3)21-28-27-19(32-21)20(31)29(13-9-10-14-29)18(30)15-26-23(4,5)16-25-17-11-7-8-12-24-17/h7-8,11-12,26H,6,9-10,13-16H2,1-5H3,(H,24,25)/q+1. The quantitative estimate of drug-likeness (QED) is 0.569. The maximum atomic E-state index is 13.4. The number of aromatic nitrogens is 3. The molecule has 2 N–H and O–H groups in total. The number of imide groups is 1. The van der Waals surface area contributed by atoms with Crippen LogP contribution in [0.3, 0.4) is 0 Å². The average Bonchev–Trinajstić information content (AvgIpc) is 3.48. The van der Waals surface area contributed by atoms with Crippen molar-refractivity contribution in [3.63, 3.8) is 0 Å². The highest BCUT2D eigenvalue weighted by molar-refractivity contribution is 5.93. The molecular weight excluding hydrogens is 408 g/mol. The van der Waals surface area contributed by atoms with Crippen molar-refractivity contribution in [1.29, 1.82) is 0 Å². The molecule has 9 heteroatoms. The van der Waals surface area contributed by atoms with E-state index in [0.29, 0.717) is 25.5 Å². The summed E-state index contributed by atoms with van der Waals surface area (Å²) < 4.78 is 5.47. The number of rotatable bonds is 9. The van der Waals surface area contributed by atoms with Crippen LogP contribution >= 0.6 is 0 Å². The summed E-state index contributed by atoms with van der Waals surface area (Å²) in [6.45, 7) is 11.6. The molecule has 32 heavy (non-hydrogen) atoms. The fraction of sp³-hybridized carbons (Fsp3) is 0.609. The molecule has 9 nitrogen and oxygen atoms in total. The number of nitrogens with one attached hydrogen (secondary N) is 2. The number of pyridine rings is 1. The zero-order chi connectivity index (χ0) is 23.4. The molecule has 0 unspecified atom stereocenters. The van der Waals surface area contributed by atoms with Crippen LogP contribution in [0, 0.1) is 0 Å². The summed E-state index contributed by atoms with van der Waals surface area (Å²) in [6.07, 6.45) is 4.14. The van der Waals surface area contributed by atoms with Crippen molar-refractivity contribution < 1.29 is 18.5 Å². The summed E-state index contributed by atoms with van der Waals surface area (Å²) >= 11 is 0. The summed E-state index contributed by atoms with van der Waals surface area (Å²) in [4.78, 5) is 31.0. The van der Waals surface area contributed by atoms with Gasteiger partial charge in [0.2, 0.25) is 5.89 Å². The zero-order valence-corrected chi connectivity index (χ0v) is 19.8. The highest BCUT2D eigenvalue weighted by Crippen LogP contribution is 2.28. The summed E-state index contributed by atoms with van der Waals surface area (Å²) in [5.74, 6) is 0.548. The van der Waals surface area contributed by atoms with E-state index >= 15 is 0 Å². The SMILES string of the molecule is CCC(C)(C)c1nnc(C(=O)[N+]2(C(=O)CNC(C)(C)CNc3ccccn3)CCCC2)o1. The van der Waals surface area contributed by atoms with E-state index in [1.54, 1.807) is 6.20 Å². The van der Waals surface area contributed by atoms with Crippen LogP contribution in [-0.4, -0.2) is 63.2 Å². The molecule has 1 aliphatic heterocycles. The molecule has 0 atom stereocenters. The molecular formula is C23H35N6O3+. The number of hydrogen-bond acceptors (Lipinski definition) is 8. The molecule has 0 aliphatic carbocycles. The topological polar surface area (TPSA) is 110 Å². The Balaban J connectivity index is 1.68. The second kappa shape index (κ2) is 9.46. The number of carbonyl (C=O) groups excluding carboxylic acids is 2. The van der Waals surface area contributed by atoms with Gasteiger partial charge in [0, 0.05) is 36.5 Å². The van der Waals surface area contributed by atoms with Gasteiger partial charge in [-0.1, -0.05) is 31.9 Å². The maximum absolute atomic E-state index is 13.4. The minimum absolute atomic E-state index is 0.0735. The first-order chi connectivity index (χ1) is 15.1. The van der Waals surface area contributed by atoms with Crippen molar-refractivity contribution >= 4 is 17.6 Å². The Kier molecular flexibility index (Phi) is 7.09. The fourth-order valence-corrected chi connectivity index (χ4v) is 3.67. The second-order valence-corrected chi connectivity index (χ2v) is 9.78. The normalized spacial score (nSPS) is 16.2. The lowest BCUT2D eigenvalue weighted by atomic mass is 9.90. The van der Waals surface area contributed by atoms with Gasteiger partial charge in [0.25, 0.3) is 0 Å².